The highest BCUT2D eigenvalue weighted by atomic mass is 32.1. The number of ether oxygens (including phenoxy) is 1. The predicted octanol–water partition coefficient (Wildman–Crippen LogP) is 4.43. The van der Waals surface area contributed by atoms with Gasteiger partial charge in [0.2, 0.25) is 5.91 Å². The maximum Gasteiger partial charge on any atom is 0.279 e. The van der Waals surface area contributed by atoms with E-state index in [4.69, 9.17) is 4.74 Å². The van der Waals surface area contributed by atoms with Gasteiger partial charge in [0.25, 0.3) is 5.91 Å². The van der Waals surface area contributed by atoms with Crippen molar-refractivity contribution in [3.63, 3.8) is 0 Å². The smallest absolute Gasteiger partial charge is 0.279 e. The first-order valence-corrected chi connectivity index (χ1v) is 11.1. The minimum Gasteiger partial charge on any atom is -0.481 e. The molecule has 2 amide bonds. The maximum atomic E-state index is 12.3. The summed E-state index contributed by atoms with van der Waals surface area (Å²) in [4.78, 5) is 29.1. The molecule has 0 aliphatic heterocycles. The number of carbonyl (C=O) groups excluding carboxylic acids is 2. The molecule has 7 heteroatoms. The van der Waals surface area contributed by atoms with Crippen molar-refractivity contribution >= 4 is 33.9 Å². The van der Waals surface area contributed by atoms with Gasteiger partial charge in [-0.3, -0.25) is 20.4 Å². The number of benzene rings is 3. The molecule has 2 N–H and O–H groups in total. The molecule has 0 radical (unpaired) electrons. The molecule has 1 heterocycles. The molecular formula is C25H23N3O3S. The Morgan fingerprint density at radius 2 is 1.81 bits per heavy atom. The molecule has 1 unspecified atom stereocenters. The third kappa shape index (κ3) is 5.31. The summed E-state index contributed by atoms with van der Waals surface area (Å²) < 4.78 is 5.72. The van der Waals surface area contributed by atoms with Crippen LogP contribution >= 0.6 is 11.3 Å². The largest absolute Gasteiger partial charge is 0.481 e. The van der Waals surface area contributed by atoms with Crippen LogP contribution in [0.25, 0.3) is 21.3 Å². The van der Waals surface area contributed by atoms with Crippen LogP contribution in [0.1, 0.15) is 18.2 Å². The van der Waals surface area contributed by atoms with Crippen LogP contribution in [0, 0.1) is 6.92 Å². The summed E-state index contributed by atoms with van der Waals surface area (Å²) in [5, 5.41) is 4.83. The Kier molecular flexibility index (Phi) is 6.47. The molecule has 6 nitrogen and oxygen atoms in total. The van der Waals surface area contributed by atoms with Crippen molar-refractivity contribution in [2.24, 2.45) is 0 Å². The van der Waals surface area contributed by atoms with E-state index in [-0.39, 0.29) is 12.3 Å². The molecule has 0 spiro atoms. The standard InChI is InChI=1S/C25H23N3O3S/c1-16-6-5-9-20(12-16)25-26-21(15-32-25)14-23(29)27-28-24(30)17(2)31-22-11-10-18-7-3-4-8-19(18)13-22/h3-13,15,17H,14H2,1-2H3,(H,27,29)(H,28,30). The topological polar surface area (TPSA) is 80.3 Å². The molecule has 32 heavy (non-hydrogen) atoms. The number of fused-ring (bicyclic) bond motifs is 1. The van der Waals surface area contributed by atoms with E-state index in [1.165, 1.54) is 11.3 Å². The Labute approximate surface area is 190 Å². The van der Waals surface area contributed by atoms with Gasteiger partial charge < -0.3 is 4.74 Å². The van der Waals surface area contributed by atoms with Crippen molar-refractivity contribution < 1.29 is 14.3 Å². The molecule has 0 aliphatic carbocycles. The number of nitrogens with one attached hydrogen (secondary N) is 2. The lowest BCUT2D eigenvalue weighted by molar-refractivity contribution is -0.132. The summed E-state index contributed by atoms with van der Waals surface area (Å²) in [6, 6.07) is 21.6. The number of hydrogen-bond donors (Lipinski definition) is 2. The number of hydrazine groups is 1. The molecule has 162 valence electrons. The Morgan fingerprint density at radius 3 is 2.62 bits per heavy atom. The lowest BCUT2D eigenvalue weighted by atomic mass is 10.1. The maximum absolute atomic E-state index is 12.3. The van der Waals surface area contributed by atoms with Gasteiger partial charge in [0.05, 0.1) is 12.1 Å². The fourth-order valence-electron chi connectivity index (χ4n) is 3.24. The van der Waals surface area contributed by atoms with E-state index >= 15 is 0 Å². The molecule has 1 atom stereocenters. The van der Waals surface area contributed by atoms with Gasteiger partial charge in [0.1, 0.15) is 10.8 Å². The van der Waals surface area contributed by atoms with Gasteiger partial charge in [-0.05, 0) is 42.8 Å². The number of thiazole rings is 1. The minimum atomic E-state index is -0.774. The van der Waals surface area contributed by atoms with Gasteiger partial charge in [-0.15, -0.1) is 11.3 Å². The van der Waals surface area contributed by atoms with E-state index in [1.54, 1.807) is 6.92 Å². The summed E-state index contributed by atoms with van der Waals surface area (Å²) in [6.45, 7) is 3.66. The first-order valence-electron chi connectivity index (χ1n) is 10.2. The van der Waals surface area contributed by atoms with Crippen molar-refractivity contribution in [1.29, 1.82) is 0 Å². The van der Waals surface area contributed by atoms with Crippen LogP contribution in [0.3, 0.4) is 0 Å². The first kappa shape index (κ1) is 21.5. The number of rotatable bonds is 6. The number of aryl methyl sites for hydroxylation is 1. The molecular weight excluding hydrogens is 422 g/mol. The van der Waals surface area contributed by atoms with Crippen LogP contribution in [0.15, 0.2) is 72.1 Å². The van der Waals surface area contributed by atoms with E-state index in [0.717, 1.165) is 26.9 Å². The molecule has 0 saturated heterocycles. The summed E-state index contributed by atoms with van der Waals surface area (Å²) in [7, 11) is 0. The normalized spacial score (nSPS) is 11.7. The molecule has 0 bridgehead atoms. The third-order valence-electron chi connectivity index (χ3n) is 4.89. The highest BCUT2D eigenvalue weighted by Crippen LogP contribution is 2.24. The Hall–Kier alpha value is -3.71. The minimum absolute atomic E-state index is 0.0719. The second-order valence-corrected chi connectivity index (χ2v) is 8.35. The van der Waals surface area contributed by atoms with E-state index in [2.05, 4.69) is 21.9 Å². The lowest BCUT2D eigenvalue weighted by Gasteiger charge is -2.15. The van der Waals surface area contributed by atoms with E-state index in [1.807, 2.05) is 73.0 Å². The van der Waals surface area contributed by atoms with Crippen molar-refractivity contribution in [1.82, 2.24) is 15.8 Å². The quantitative estimate of drug-likeness (QED) is 0.430. The SMILES string of the molecule is Cc1cccc(-c2nc(CC(=O)NNC(=O)C(C)Oc3ccc4ccccc4c3)cs2)c1. The van der Waals surface area contributed by atoms with E-state index in [0.29, 0.717) is 11.4 Å². The number of nitrogens with zero attached hydrogens (tertiary/aromatic N) is 1. The summed E-state index contributed by atoms with van der Waals surface area (Å²) in [5.74, 6) is -0.202. The monoisotopic (exact) mass is 445 g/mol. The molecule has 0 saturated carbocycles. The van der Waals surface area contributed by atoms with Crippen LogP contribution in [0.5, 0.6) is 5.75 Å². The van der Waals surface area contributed by atoms with Crippen LogP contribution in [0.4, 0.5) is 0 Å². The molecule has 1 aromatic heterocycles. The molecule has 3 aromatic carbocycles. The summed E-state index contributed by atoms with van der Waals surface area (Å²) in [5.41, 5.74) is 7.68. The Balaban J connectivity index is 1.28. The van der Waals surface area contributed by atoms with Crippen LogP contribution < -0.4 is 15.6 Å². The zero-order chi connectivity index (χ0) is 22.5. The number of hydrogen-bond acceptors (Lipinski definition) is 5. The predicted molar refractivity (Wildman–Crippen MR) is 126 cm³/mol. The van der Waals surface area contributed by atoms with Crippen LogP contribution in [-0.4, -0.2) is 22.9 Å². The lowest BCUT2D eigenvalue weighted by Crippen LogP contribution is -2.47. The first-order chi connectivity index (χ1) is 15.5. The number of amides is 2. The van der Waals surface area contributed by atoms with Gasteiger partial charge in [-0.1, -0.05) is 54.1 Å². The van der Waals surface area contributed by atoms with Gasteiger partial charge in [0, 0.05) is 10.9 Å². The molecule has 0 aliphatic rings. The van der Waals surface area contributed by atoms with Gasteiger partial charge in [0.15, 0.2) is 6.10 Å². The van der Waals surface area contributed by atoms with Crippen molar-refractivity contribution in [3.05, 3.63) is 83.4 Å². The Bertz CT molecular complexity index is 1270. The second kappa shape index (κ2) is 9.62. The molecule has 0 fully saturated rings. The highest BCUT2D eigenvalue weighted by molar-refractivity contribution is 7.13. The zero-order valence-corrected chi connectivity index (χ0v) is 18.6. The average Bonchev–Trinajstić information content (AvgIpc) is 3.26. The van der Waals surface area contributed by atoms with Crippen LogP contribution in [-0.2, 0) is 16.0 Å². The van der Waals surface area contributed by atoms with Crippen molar-refractivity contribution in [2.45, 2.75) is 26.4 Å². The van der Waals surface area contributed by atoms with Gasteiger partial charge >= 0.3 is 0 Å². The highest BCUT2D eigenvalue weighted by Gasteiger charge is 2.16. The third-order valence-corrected chi connectivity index (χ3v) is 5.83. The fourth-order valence-corrected chi connectivity index (χ4v) is 4.06. The molecule has 4 rings (SSSR count). The fraction of sp³-hybridized carbons (Fsp3) is 0.160. The van der Waals surface area contributed by atoms with E-state index in [9.17, 15) is 9.59 Å². The Morgan fingerprint density at radius 1 is 1.00 bits per heavy atom. The van der Waals surface area contributed by atoms with Gasteiger partial charge in [-0.25, -0.2) is 4.98 Å². The summed E-state index contributed by atoms with van der Waals surface area (Å²) in [6.07, 6.45) is -0.702. The number of aromatic nitrogens is 1. The van der Waals surface area contributed by atoms with Crippen molar-refractivity contribution in [2.75, 3.05) is 0 Å². The van der Waals surface area contributed by atoms with Gasteiger partial charge in [-0.2, -0.15) is 0 Å². The average molecular weight is 446 g/mol. The second-order valence-electron chi connectivity index (χ2n) is 7.50. The van der Waals surface area contributed by atoms with Crippen LogP contribution in [0.2, 0.25) is 0 Å². The summed E-state index contributed by atoms with van der Waals surface area (Å²) >= 11 is 1.49. The van der Waals surface area contributed by atoms with Crippen molar-refractivity contribution in [3.8, 4) is 16.3 Å². The number of carbonyl (C=O) groups is 2. The van der Waals surface area contributed by atoms with E-state index < -0.39 is 12.0 Å². The zero-order valence-electron chi connectivity index (χ0n) is 17.8. The molecule has 4 aromatic rings.